The van der Waals surface area contributed by atoms with E-state index in [1.807, 2.05) is 13.0 Å². The molecule has 0 bridgehead atoms. The van der Waals surface area contributed by atoms with Crippen molar-refractivity contribution in [2.75, 3.05) is 12.8 Å². The first-order valence-electron chi connectivity index (χ1n) is 6.72. The fourth-order valence-electron chi connectivity index (χ4n) is 2.57. The molecule has 0 fully saturated rings. The molecule has 106 valence electrons. The van der Waals surface area contributed by atoms with Crippen molar-refractivity contribution >= 4 is 5.82 Å². The number of nitrogens with two attached hydrogens (primary N) is 1. The highest BCUT2D eigenvalue weighted by Gasteiger charge is 2.22. The molecule has 1 atom stereocenters. The summed E-state index contributed by atoms with van der Waals surface area (Å²) >= 11 is 0. The molecule has 0 saturated carbocycles. The molecular formula is C15H19N3O2. The molecule has 5 heteroatoms. The monoisotopic (exact) mass is 273 g/mol. The predicted molar refractivity (Wildman–Crippen MR) is 77.3 cm³/mol. The van der Waals surface area contributed by atoms with E-state index in [1.54, 1.807) is 18.0 Å². The molecular weight excluding hydrogens is 254 g/mol. The molecule has 1 aromatic heterocycles. The maximum Gasteiger partial charge on any atom is 0.124 e. The van der Waals surface area contributed by atoms with Gasteiger partial charge in [-0.05, 0) is 26.0 Å². The molecule has 1 aliphatic heterocycles. The van der Waals surface area contributed by atoms with E-state index in [0.717, 1.165) is 29.0 Å². The van der Waals surface area contributed by atoms with Crippen LogP contribution in [0.3, 0.4) is 0 Å². The molecule has 3 rings (SSSR count). The van der Waals surface area contributed by atoms with E-state index in [0.29, 0.717) is 12.4 Å². The number of aromatic nitrogens is 2. The largest absolute Gasteiger partial charge is 0.496 e. The summed E-state index contributed by atoms with van der Waals surface area (Å²) in [5.74, 6) is 2.48. The zero-order valence-corrected chi connectivity index (χ0v) is 12.0. The van der Waals surface area contributed by atoms with E-state index in [4.69, 9.17) is 15.2 Å². The normalized spacial score (nSPS) is 16.9. The first-order chi connectivity index (χ1) is 9.58. The minimum absolute atomic E-state index is 0.224. The van der Waals surface area contributed by atoms with Crippen LogP contribution in [0.15, 0.2) is 18.3 Å². The Balaban J connectivity index is 1.97. The van der Waals surface area contributed by atoms with Crippen LogP contribution in [0.2, 0.25) is 0 Å². The van der Waals surface area contributed by atoms with Gasteiger partial charge in [-0.2, -0.15) is 5.10 Å². The zero-order chi connectivity index (χ0) is 14.3. The molecule has 20 heavy (non-hydrogen) atoms. The maximum atomic E-state index is 6.01. The number of methoxy groups -OCH3 is 1. The molecule has 1 aliphatic rings. The number of anilines is 1. The number of hydrogen-bond acceptors (Lipinski definition) is 4. The van der Waals surface area contributed by atoms with Crippen LogP contribution in [0, 0.1) is 6.92 Å². The summed E-state index contributed by atoms with van der Waals surface area (Å²) in [6, 6.07) is 4.09. The van der Waals surface area contributed by atoms with Crippen molar-refractivity contribution in [2.45, 2.75) is 32.9 Å². The van der Waals surface area contributed by atoms with Crippen LogP contribution in [-0.2, 0) is 13.0 Å². The second-order valence-electron chi connectivity index (χ2n) is 5.27. The van der Waals surface area contributed by atoms with Crippen molar-refractivity contribution in [3.63, 3.8) is 0 Å². The van der Waals surface area contributed by atoms with E-state index >= 15 is 0 Å². The van der Waals surface area contributed by atoms with Crippen LogP contribution >= 0.6 is 0 Å². The van der Waals surface area contributed by atoms with Gasteiger partial charge in [-0.1, -0.05) is 0 Å². The molecule has 0 saturated heterocycles. The van der Waals surface area contributed by atoms with Crippen molar-refractivity contribution in [1.82, 2.24) is 9.78 Å². The van der Waals surface area contributed by atoms with Crippen LogP contribution in [0.4, 0.5) is 5.82 Å². The van der Waals surface area contributed by atoms with Crippen molar-refractivity contribution in [3.05, 3.63) is 35.0 Å². The standard InChI is InChI=1S/C15H19N3O2/c1-9-7-17-18(15(9)16)8-12-6-14-11(4-10(2)20-14)5-13(12)19-3/h5-7,10H,4,8,16H2,1-3H3. The highest BCUT2D eigenvalue weighted by molar-refractivity contribution is 5.49. The second-order valence-corrected chi connectivity index (χ2v) is 5.27. The Hall–Kier alpha value is -2.17. The van der Waals surface area contributed by atoms with Gasteiger partial charge >= 0.3 is 0 Å². The van der Waals surface area contributed by atoms with Crippen LogP contribution in [0.1, 0.15) is 23.6 Å². The molecule has 5 nitrogen and oxygen atoms in total. The van der Waals surface area contributed by atoms with Gasteiger partial charge in [-0.15, -0.1) is 0 Å². The zero-order valence-electron chi connectivity index (χ0n) is 12.0. The number of nitrogens with zero attached hydrogens (tertiary/aromatic N) is 2. The fourth-order valence-corrected chi connectivity index (χ4v) is 2.57. The van der Waals surface area contributed by atoms with E-state index in [9.17, 15) is 0 Å². The molecule has 2 aromatic rings. The van der Waals surface area contributed by atoms with Gasteiger partial charge in [0.25, 0.3) is 0 Å². The summed E-state index contributed by atoms with van der Waals surface area (Å²) in [7, 11) is 1.68. The third kappa shape index (κ3) is 2.09. The van der Waals surface area contributed by atoms with E-state index in [1.165, 1.54) is 5.56 Å². The molecule has 1 aromatic carbocycles. The number of benzene rings is 1. The quantitative estimate of drug-likeness (QED) is 0.930. The Morgan fingerprint density at radius 2 is 2.30 bits per heavy atom. The molecule has 0 amide bonds. The lowest BCUT2D eigenvalue weighted by Crippen LogP contribution is -2.07. The van der Waals surface area contributed by atoms with Crippen molar-refractivity contribution in [3.8, 4) is 11.5 Å². The van der Waals surface area contributed by atoms with Crippen LogP contribution in [-0.4, -0.2) is 23.0 Å². The topological polar surface area (TPSA) is 62.3 Å². The summed E-state index contributed by atoms with van der Waals surface area (Å²) in [6.07, 6.45) is 2.92. The Morgan fingerprint density at radius 1 is 1.50 bits per heavy atom. The Kier molecular flexibility index (Phi) is 3.04. The van der Waals surface area contributed by atoms with Gasteiger partial charge < -0.3 is 15.2 Å². The van der Waals surface area contributed by atoms with Crippen molar-refractivity contribution < 1.29 is 9.47 Å². The first kappa shape index (κ1) is 12.8. The minimum atomic E-state index is 0.224. The summed E-state index contributed by atoms with van der Waals surface area (Å²) < 4.78 is 13.1. The number of ether oxygens (including phenoxy) is 2. The molecule has 1 unspecified atom stereocenters. The first-order valence-corrected chi connectivity index (χ1v) is 6.72. The average Bonchev–Trinajstić information content (AvgIpc) is 2.93. The Labute approximate surface area is 118 Å². The van der Waals surface area contributed by atoms with E-state index in [2.05, 4.69) is 18.1 Å². The number of hydrogen-bond donors (Lipinski definition) is 1. The predicted octanol–water partition coefficient (Wildman–Crippen LogP) is 2.15. The third-order valence-electron chi connectivity index (χ3n) is 3.69. The van der Waals surface area contributed by atoms with Crippen LogP contribution in [0.5, 0.6) is 11.5 Å². The maximum absolute atomic E-state index is 6.01. The minimum Gasteiger partial charge on any atom is -0.496 e. The highest BCUT2D eigenvalue weighted by atomic mass is 16.5. The number of rotatable bonds is 3. The van der Waals surface area contributed by atoms with Gasteiger partial charge in [0.2, 0.25) is 0 Å². The van der Waals surface area contributed by atoms with Crippen molar-refractivity contribution in [1.29, 1.82) is 0 Å². The highest BCUT2D eigenvalue weighted by Crippen LogP contribution is 2.35. The number of fused-ring (bicyclic) bond motifs is 1. The number of nitrogen functional groups attached to an aromatic ring is 1. The molecule has 2 heterocycles. The average molecular weight is 273 g/mol. The third-order valence-corrected chi connectivity index (χ3v) is 3.69. The van der Waals surface area contributed by atoms with Crippen LogP contribution < -0.4 is 15.2 Å². The molecule has 0 radical (unpaired) electrons. The Bertz CT molecular complexity index is 649. The van der Waals surface area contributed by atoms with Gasteiger partial charge in [-0.3, -0.25) is 0 Å². The molecule has 2 N–H and O–H groups in total. The SMILES string of the molecule is COc1cc2c(cc1Cn1ncc(C)c1N)OC(C)C2. The summed E-state index contributed by atoms with van der Waals surface area (Å²) in [4.78, 5) is 0. The smallest absolute Gasteiger partial charge is 0.124 e. The van der Waals surface area contributed by atoms with E-state index < -0.39 is 0 Å². The van der Waals surface area contributed by atoms with Gasteiger partial charge in [0.15, 0.2) is 0 Å². The summed E-state index contributed by atoms with van der Waals surface area (Å²) in [5.41, 5.74) is 9.21. The lowest BCUT2D eigenvalue weighted by molar-refractivity contribution is 0.254. The second kappa shape index (κ2) is 4.74. The fraction of sp³-hybridized carbons (Fsp3) is 0.400. The van der Waals surface area contributed by atoms with Gasteiger partial charge in [0, 0.05) is 23.1 Å². The Morgan fingerprint density at radius 3 is 2.95 bits per heavy atom. The van der Waals surface area contributed by atoms with Crippen molar-refractivity contribution in [2.24, 2.45) is 0 Å². The van der Waals surface area contributed by atoms with E-state index in [-0.39, 0.29) is 6.10 Å². The van der Waals surface area contributed by atoms with Crippen LogP contribution in [0.25, 0.3) is 0 Å². The molecule has 0 spiro atoms. The van der Waals surface area contributed by atoms with Gasteiger partial charge in [0.05, 0.1) is 19.9 Å². The van der Waals surface area contributed by atoms with Gasteiger partial charge in [0.1, 0.15) is 23.4 Å². The number of aryl methyl sites for hydroxylation is 1. The summed E-state index contributed by atoms with van der Waals surface area (Å²) in [6.45, 7) is 4.60. The van der Waals surface area contributed by atoms with Gasteiger partial charge in [-0.25, -0.2) is 4.68 Å². The molecule has 0 aliphatic carbocycles. The lowest BCUT2D eigenvalue weighted by Gasteiger charge is -2.12. The summed E-state index contributed by atoms with van der Waals surface area (Å²) in [5, 5.41) is 4.29. The lowest BCUT2D eigenvalue weighted by atomic mass is 10.1.